The SMILES string of the molecule is CC[Si](C#CC1c2cc3ccsc3cc2C(C#C[Si](CC)(CC)CC)c2cc3ccsc3cc21)(CC)CC. The Morgan fingerprint density at radius 1 is 0.553 bits per heavy atom. The zero-order valence-corrected chi connectivity index (χ0v) is 27.5. The van der Waals surface area contributed by atoms with E-state index in [1.807, 2.05) is 22.7 Å². The summed E-state index contributed by atoms with van der Waals surface area (Å²) >= 11 is 3.69. The van der Waals surface area contributed by atoms with E-state index in [-0.39, 0.29) is 11.8 Å². The Morgan fingerprint density at radius 3 is 1.24 bits per heavy atom. The molecule has 2 unspecified atom stereocenters. The quantitative estimate of drug-likeness (QED) is 0.160. The molecule has 1 aliphatic rings. The lowest BCUT2D eigenvalue weighted by molar-refractivity contribution is 0.895. The molecule has 0 N–H and O–H groups in total. The minimum atomic E-state index is -1.58. The Labute approximate surface area is 239 Å². The predicted octanol–water partition coefficient (Wildman–Crippen LogP) is 10.8. The Bertz CT molecular complexity index is 1360. The summed E-state index contributed by atoms with van der Waals surface area (Å²) in [6.45, 7) is 14.2. The molecular formula is C34H40S2Si2. The third-order valence-electron chi connectivity index (χ3n) is 9.58. The zero-order valence-electron chi connectivity index (χ0n) is 23.8. The fourth-order valence-corrected chi connectivity index (χ4v) is 12.8. The molecule has 0 saturated heterocycles. The maximum Gasteiger partial charge on any atom is 0.137 e. The normalized spacial score (nSPS) is 16.9. The number of hydrogen-bond acceptors (Lipinski definition) is 2. The summed E-state index contributed by atoms with van der Waals surface area (Å²) in [4.78, 5) is 0. The molecule has 5 rings (SSSR count). The molecule has 2 aromatic carbocycles. The number of rotatable bonds is 6. The van der Waals surface area contributed by atoms with Crippen molar-refractivity contribution in [3.63, 3.8) is 0 Å². The van der Waals surface area contributed by atoms with Gasteiger partial charge >= 0.3 is 0 Å². The number of thiophene rings is 2. The van der Waals surface area contributed by atoms with Crippen LogP contribution in [0.15, 0.2) is 47.2 Å². The first-order chi connectivity index (χ1) is 18.5. The summed E-state index contributed by atoms with van der Waals surface area (Å²) in [6.07, 6.45) is 0. The van der Waals surface area contributed by atoms with Gasteiger partial charge in [-0.3, -0.25) is 0 Å². The van der Waals surface area contributed by atoms with E-state index in [0.717, 1.165) is 0 Å². The molecule has 196 valence electrons. The molecular weight excluding hydrogens is 529 g/mol. The first-order valence-electron chi connectivity index (χ1n) is 14.5. The van der Waals surface area contributed by atoms with E-state index < -0.39 is 16.1 Å². The molecule has 0 aliphatic heterocycles. The van der Waals surface area contributed by atoms with E-state index in [2.05, 4.69) is 112 Å². The second-order valence-electron chi connectivity index (χ2n) is 11.0. The first-order valence-corrected chi connectivity index (χ1v) is 21.5. The summed E-state index contributed by atoms with van der Waals surface area (Å²) in [6, 6.07) is 21.8. The van der Waals surface area contributed by atoms with Crippen LogP contribution in [0.2, 0.25) is 36.3 Å². The van der Waals surface area contributed by atoms with Crippen LogP contribution in [0.1, 0.15) is 75.6 Å². The summed E-state index contributed by atoms with van der Waals surface area (Å²) in [5, 5.41) is 7.15. The molecule has 0 amide bonds. The van der Waals surface area contributed by atoms with Crippen LogP contribution in [-0.4, -0.2) is 16.1 Å². The van der Waals surface area contributed by atoms with Crippen LogP contribution in [0.4, 0.5) is 0 Å². The van der Waals surface area contributed by atoms with Gasteiger partial charge in [0.2, 0.25) is 0 Å². The minimum Gasteiger partial charge on any atom is -0.144 e. The van der Waals surface area contributed by atoms with Gasteiger partial charge in [0, 0.05) is 9.40 Å². The lowest BCUT2D eigenvalue weighted by Crippen LogP contribution is -2.30. The molecule has 2 heterocycles. The van der Waals surface area contributed by atoms with E-state index >= 15 is 0 Å². The molecule has 1 aliphatic carbocycles. The van der Waals surface area contributed by atoms with Crippen molar-refractivity contribution >= 4 is 59.0 Å². The molecule has 0 fully saturated rings. The van der Waals surface area contributed by atoms with Gasteiger partial charge in [-0.15, -0.1) is 33.8 Å². The van der Waals surface area contributed by atoms with Crippen molar-refractivity contribution in [3.8, 4) is 22.9 Å². The Morgan fingerprint density at radius 2 is 0.895 bits per heavy atom. The second kappa shape index (κ2) is 11.2. The van der Waals surface area contributed by atoms with Gasteiger partial charge in [-0.1, -0.05) is 53.4 Å². The molecule has 2 atom stereocenters. The Kier molecular flexibility index (Phi) is 8.09. The van der Waals surface area contributed by atoms with E-state index in [1.54, 1.807) is 0 Å². The fourth-order valence-electron chi connectivity index (χ4n) is 6.21. The molecule has 2 aromatic heterocycles. The van der Waals surface area contributed by atoms with Gasteiger partial charge in [0.1, 0.15) is 16.1 Å². The zero-order chi connectivity index (χ0) is 26.9. The van der Waals surface area contributed by atoms with Crippen LogP contribution in [-0.2, 0) is 0 Å². The lowest BCUT2D eigenvalue weighted by atomic mass is 9.72. The van der Waals surface area contributed by atoms with Crippen LogP contribution in [0, 0.1) is 22.9 Å². The highest BCUT2D eigenvalue weighted by molar-refractivity contribution is 7.17. The largest absolute Gasteiger partial charge is 0.144 e. The van der Waals surface area contributed by atoms with Crippen molar-refractivity contribution in [1.29, 1.82) is 0 Å². The van der Waals surface area contributed by atoms with E-state index in [4.69, 9.17) is 0 Å². The van der Waals surface area contributed by atoms with E-state index in [1.165, 1.54) is 78.7 Å². The van der Waals surface area contributed by atoms with Crippen LogP contribution < -0.4 is 0 Å². The molecule has 0 spiro atoms. The average molecular weight is 569 g/mol. The van der Waals surface area contributed by atoms with Gasteiger partial charge in [0.05, 0.1) is 11.8 Å². The van der Waals surface area contributed by atoms with Crippen LogP contribution in [0.5, 0.6) is 0 Å². The summed E-state index contributed by atoms with van der Waals surface area (Å²) in [7, 11) is -3.15. The standard InChI is InChI=1S/C34H40S2Si2/c1-7-37(8-2,9-3)19-15-27-29-21-25-13-17-36-34(25)24-32(29)28(16-20-38(10-4,11-5)12-6)30-22-26-14-18-35-33(26)23-31(27)30/h13-14,17-18,21-24,27-28H,7-12H2,1-6H3. The topological polar surface area (TPSA) is 0 Å². The second-order valence-corrected chi connectivity index (χ2v) is 22.7. The van der Waals surface area contributed by atoms with Crippen LogP contribution >= 0.6 is 22.7 Å². The van der Waals surface area contributed by atoms with Crippen molar-refractivity contribution in [1.82, 2.24) is 0 Å². The Hall–Kier alpha value is -2.09. The number of hydrogen-bond donors (Lipinski definition) is 0. The van der Waals surface area contributed by atoms with Crippen molar-refractivity contribution in [3.05, 3.63) is 69.4 Å². The van der Waals surface area contributed by atoms with Crippen LogP contribution in [0.25, 0.3) is 20.2 Å². The molecule has 0 nitrogen and oxygen atoms in total. The third kappa shape index (κ3) is 4.75. The van der Waals surface area contributed by atoms with Gasteiger partial charge in [0.15, 0.2) is 0 Å². The maximum atomic E-state index is 3.98. The van der Waals surface area contributed by atoms with Crippen molar-refractivity contribution < 1.29 is 0 Å². The Balaban J connectivity index is 1.80. The summed E-state index contributed by atoms with van der Waals surface area (Å²) < 4.78 is 2.73. The monoisotopic (exact) mass is 568 g/mol. The molecule has 0 saturated carbocycles. The summed E-state index contributed by atoms with van der Waals surface area (Å²) in [5.74, 6) is 8.14. The highest BCUT2D eigenvalue weighted by atomic mass is 32.1. The lowest BCUT2D eigenvalue weighted by Gasteiger charge is -2.31. The predicted molar refractivity (Wildman–Crippen MR) is 177 cm³/mol. The maximum absolute atomic E-state index is 3.98. The minimum absolute atomic E-state index is 0.121. The van der Waals surface area contributed by atoms with Gasteiger partial charge in [-0.05, 0) is 116 Å². The van der Waals surface area contributed by atoms with Gasteiger partial charge in [-0.25, -0.2) is 0 Å². The van der Waals surface area contributed by atoms with E-state index in [0.29, 0.717) is 0 Å². The first kappa shape index (κ1) is 27.5. The third-order valence-corrected chi connectivity index (χ3v) is 20.8. The molecule has 0 bridgehead atoms. The highest BCUT2D eigenvalue weighted by Gasteiger charge is 2.34. The molecule has 4 heteroatoms. The highest BCUT2D eigenvalue weighted by Crippen LogP contribution is 2.47. The molecule has 38 heavy (non-hydrogen) atoms. The van der Waals surface area contributed by atoms with Crippen molar-refractivity contribution in [2.24, 2.45) is 0 Å². The number of benzene rings is 2. The van der Waals surface area contributed by atoms with Crippen molar-refractivity contribution in [2.75, 3.05) is 0 Å². The van der Waals surface area contributed by atoms with Crippen molar-refractivity contribution in [2.45, 2.75) is 89.6 Å². The van der Waals surface area contributed by atoms with Crippen LogP contribution in [0.3, 0.4) is 0 Å². The number of fused-ring (bicyclic) bond motifs is 4. The average Bonchev–Trinajstić information content (AvgIpc) is 3.62. The summed E-state index contributed by atoms with van der Waals surface area (Å²) in [5.41, 5.74) is 13.6. The van der Waals surface area contributed by atoms with Gasteiger partial charge in [0.25, 0.3) is 0 Å². The molecule has 4 aromatic rings. The van der Waals surface area contributed by atoms with Gasteiger partial charge in [-0.2, -0.15) is 0 Å². The fraction of sp³-hybridized carbons (Fsp3) is 0.412. The smallest absolute Gasteiger partial charge is 0.137 e. The molecule has 0 radical (unpaired) electrons. The van der Waals surface area contributed by atoms with Gasteiger partial charge < -0.3 is 0 Å². The van der Waals surface area contributed by atoms with E-state index in [9.17, 15) is 0 Å².